The first-order valence-corrected chi connectivity index (χ1v) is 8.59. The highest BCUT2D eigenvalue weighted by molar-refractivity contribution is 7.18. The van der Waals surface area contributed by atoms with Gasteiger partial charge in [0.2, 0.25) is 0 Å². The third-order valence-electron chi connectivity index (χ3n) is 4.15. The number of hydrogen-bond acceptors (Lipinski definition) is 7. The molecule has 0 unspecified atom stereocenters. The van der Waals surface area contributed by atoms with Gasteiger partial charge in [-0.1, -0.05) is 0 Å². The average Bonchev–Trinajstić information content (AvgIpc) is 3.22. The van der Waals surface area contributed by atoms with Crippen molar-refractivity contribution in [2.75, 3.05) is 24.6 Å². The maximum atomic E-state index is 5.93. The Labute approximate surface area is 137 Å². The molecule has 1 fully saturated rings. The number of hydrogen-bond donors (Lipinski definition) is 0. The second kappa shape index (κ2) is 5.86. The van der Waals surface area contributed by atoms with Gasteiger partial charge in [-0.25, -0.2) is 9.97 Å². The number of aromatic nitrogens is 5. The summed E-state index contributed by atoms with van der Waals surface area (Å²) in [6.45, 7) is 7.19. The first kappa shape index (κ1) is 14.5. The first-order valence-electron chi connectivity index (χ1n) is 7.71. The Hall–Kier alpha value is -2.06. The second-order valence-electron chi connectivity index (χ2n) is 5.57. The lowest BCUT2D eigenvalue weighted by molar-refractivity contribution is 0.0315. The zero-order valence-corrected chi connectivity index (χ0v) is 14.0. The molecule has 0 radical (unpaired) electrons. The summed E-state index contributed by atoms with van der Waals surface area (Å²) in [4.78, 5) is 11.2. The van der Waals surface area contributed by atoms with Crippen molar-refractivity contribution in [2.24, 2.45) is 0 Å². The predicted molar refractivity (Wildman–Crippen MR) is 88.8 cm³/mol. The van der Waals surface area contributed by atoms with E-state index in [0.717, 1.165) is 41.5 Å². The third-order valence-corrected chi connectivity index (χ3v) is 5.24. The number of thiophene rings is 1. The molecule has 1 aliphatic rings. The smallest absolute Gasteiger partial charge is 0.163 e. The van der Waals surface area contributed by atoms with Crippen LogP contribution < -0.4 is 4.90 Å². The van der Waals surface area contributed by atoms with E-state index in [4.69, 9.17) is 4.74 Å². The lowest BCUT2D eigenvalue weighted by Crippen LogP contribution is -2.39. The molecule has 0 bridgehead atoms. The van der Waals surface area contributed by atoms with Crippen molar-refractivity contribution in [1.82, 2.24) is 24.7 Å². The first-order chi connectivity index (χ1) is 11.3. The number of aryl methyl sites for hydroxylation is 2. The lowest BCUT2D eigenvalue weighted by Gasteiger charge is -2.33. The van der Waals surface area contributed by atoms with Gasteiger partial charge in [-0.15, -0.1) is 21.5 Å². The fourth-order valence-electron chi connectivity index (χ4n) is 2.94. The number of nitrogens with zero attached hydrogens (tertiary/aromatic N) is 6. The maximum absolute atomic E-state index is 5.93. The van der Waals surface area contributed by atoms with E-state index in [1.807, 2.05) is 4.57 Å². The Morgan fingerprint density at radius 2 is 2.30 bits per heavy atom. The van der Waals surface area contributed by atoms with E-state index in [0.29, 0.717) is 6.61 Å². The molecule has 0 spiro atoms. The molecule has 0 aromatic carbocycles. The summed E-state index contributed by atoms with van der Waals surface area (Å²) >= 11 is 1.70. The highest BCUT2D eigenvalue weighted by atomic mass is 32.1. The number of anilines is 1. The van der Waals surface area contributed by atoms with Crippen molar-refractivity contribution in [1.29, 1.82) is 0 Å². The molecule has 8 heteroatoms. The second-order valence-corrected chi connectivity index (χ2v) is 6.45. The van der Waals surface area contributed by atoms with Gasteiger partial charge in [0.25, 0.3) is 0 Å². The van der Waals surface area contributed by atoms with Crippen LogP contribution in [-0.4, -0.2) is 44.4 Å². The summed E-state index contributed by atoms with van der Waals surface area (Å²) in [5, 5.41) is 10.4. The van der Waals surface area contributed by atoms with Crippen LogP contribution in [0.15, 0.2) is 18.0 Å². The molecule has 3 aromatic heterocycles. The number of fused-ring (bicyclic) bond motifs is 1. The van der Waals surface area contributed by atoms with Crippen molar-refractivity contribution in [3.8, 4) is 0 Å². The van der Waals surface area contributed by atoms with Gasteiger partial charge >= 0.3 is 0 Å². The highest BCUT2D eigenvalue weighted by Gasteiger charge is 2.28. The van der Waals surface area contributed by atoms with Crippen LogP contribution in [0.3, 0.4) is 0 Å². The van der Waals surface area contributed by atoms with E-state index in [2.05, 4.69) is 44.3 Å². The molecule has 1 atom stereocenters. The summed E-state index contributed by atoms with van der Waals surface area (Å²) in [6, 6.07) is 0. The standard InChI is InChI=1S/C15H18N6OS/c1-3-20-9-18-19-14(20)11-6-21(4-5-22-11)15-13-12(16-8-17-15)10(2)7-23-13/h7-9,11H,3-6H2,1-2H3/t11-/m0/s1. The molecule has 0 aliphatic carbocycles. The number of rotatable bonds is 3. The minimum Gasteiger partial charge on any atom is -0.366 e. The molecular weight excluding hydrogens is 312 g/mol. The molecule has 23 heavy (non-hydrogen) atoms. The van der Waals surface area contributed by atoms with Crippen LogP contribution in [0, 0.1) is 6.92 Å². The van der Waals surface area contributed by atoms with E-state index in [1.54, 1.807) is 24.0 Å². The fraction of sp³-hybridized carbons (Fsp3) is 0.467. The highest BCUT2D eigenvalue weighted by Crippen LogP contribution is 2.33. The molecule has 3 aromatic rings. The van der Waals surface area contributed by atoms with E-state index in [-0.39, 0.29) is 6.10 Å². The summed E-state index contributed by atoms with van der Waals surface area (Å²) in [6.07, 6.45) is 3.32. The van der Waals surface area contributed by atoms with Crippen LogP contribution in [0.2, 0.25) is 0 Å². The summed E-state index contributed by atoms with van der Waals surface area (Å²) in [7, 11) is 0. The Balaban J connectivity index is 1.66. The van der Waals surface area contributed by atoms with Crippen LogP contribution in [-0.2, 0) is 11.3 Å². The van der Waals surface area contributed by atoms with E-state index in [1.165, 1.54) is 5.56 Å². The minimum absolute atomic E-state index is 0.0859. The van der Waals surface area contributed by atoms with Gasteiger partial charge in [-0.3, -0.25) is 0 Å². The molecule has 4 heterocycles. The van der Waals surface area contributed by atoms with Crippen molar-refractivity contribution in [2.45, 2.75) is 26.5 Å². The molecule has 0 saturated carbocycles. The Kier molecular flexibility index (Phi) is 3.70. The average molecular weight is 330 g/mol. The molecule has 0 amide bonds. The molecule has 1 aliphatic heterocycles. The zero-order valence-electron chi connectivity index (χ0n) is 13.1. The van der Waals surface area contributed by atoms with Crippen LogP contribution >= 0.6 is 11.3 Å². The lowest BCUT2D eigenvalue weighted by atomic mass is 10.2. The molecule has 1 saturated heterocycles. The normalized spacial score (nSPS) is 18.7. The monoisotopic (exact) mass is 330 g/mol. The van der Waals surface area contributed by atoms with Gasteiger partial charge in [0.15, 0.2) is 5.82 Å². The molecule has 120 valence electrons. The number of morpholine rings is 1. The molecule has 0 N–H and O–H groups in total. The van der Waals surface area contributed by atoms with Crippen LogP contribution in [0.25, 0.3) is 10.2 Å². The van der Waals surface area contributed by atoms with Crippen molar-refractivity contribution in [3.05, 3.63) is 29.4 Å². The quantitative estimate of drug-likeness (QED) is 0.733. The Morgan fingerprint density at radius 3 is 3.17 bits per heavy atom. The van der Waals surface area contributed by atoms with E-state index < -0.39 is 0 Å². The van der Waals surface area contributed by atoms with Crippen LogP contribution in [0.4, 0.5) is 5.82 Å². The van der Waals surface area contributed by atoms with Gasteiger partial charge in [0, 0.05) is 13.1 Å². The fourth-order valence-corrected chi connectivity index (χ4v) is 3.96. The summed E-state index contributed by atoms with van der Waals surface area (Å²) in [5.41, 5.74) is 2.24. The Bertz CT molecular complexity index is 828. The molecule has 4 rings (SSSR count). The van der Waals surface area contributed by atoms with Crippen LogP contribution in [0.5, 0.6) is 0 Å². The van der Waals surface area contributed by atoms with Gasteiger partial charge in [0.05, 0.1) is 23.4 Å². The largest absolute Gasteiger partial charge is 0.366 e. The molecular formula is C15H18N6OS. The van der Waals surface area contributed by atoms with Gasteiger partial charge in [-0.05, 0) is 24.8 Å². The van der Waals surface area contributed by atoms with Gasteiger partial charge < -0.3 is 14.2 Å². The maximum Gasteiger partial charge on any atom is 0.163 e. The summed E-state index contributed by atoms with van der Waals surface area (Å²) < 4.78 is 9.10. The van der Waals surface area contributed by atoms with Crippen molar-refractivity contribution >= 4 is 27.4 Å². The topological polar surface area (TPSA) is 69.0 Å². The minimum atomic E-state index is -0.0859. The third kappa shape index (κ3) is 2.47. The number of ether oxygens (including phenoxy) is 1. The molecule has 7 nitrogen and oxygen atoms in total. The van der Waals surface area contributed by atoms with E-state index in [9.17, 15) is 0 Å². The van der Waals surface area contributed by atoms with Crippen molar-refractivity contribution < 1.29 is 4.74 Å². The Morgan fingerprint density at radius 1 is 1.39 bits per heavy atom. The summed E-state index contributed by atoms with van der Waals surface area (Å²) in [5.74, 6) is 1.87. The van der Waals surface area contributed by atoms with Gasteiger partial charge in [-0.2, -0.15) is 0 Å². The zero-order chi connectivity index (χ0) is 15.8. The van der Waals surface area contributed by atoms with Crippen molar-refractivity contribution in [3.63, 3.8) is 0 Å². The SMILES string of the molecule is CCn1cnnc1[C@@H]1CN(c2ncnc3c(C)csc23)CCO1. The van der Waals surface area contributed by atoms with Crippen LogP contribution in [0.1, 0.15) is 24.4 Å². The predicted octanol–water partition coefficient (Wildman–Crippen LogP) is 2.19. The van der Waals surface area contributed by atoms with E-state index >= 15 is 0 Å². The van der Waals surface area contributed by atoms with Gasteiger partial charge in [0.1, 0.15) is 24.6 Å².